The van der Waals surface area contributed by atoms with Crippen molar-refractivity contribution in [3.63, 3.8) is 0 Å². The third-order valence-electron chi connectivity index (χ3n) is 9.52. The molecule has 0 aromatic rings. The second kappa shape index (κ2) is 6.85. The molecule has 7 atom stereocenters. The number of hydrogen-bond acceptors (Lipinski definition) is 3. The Kier molecular flexibility index (Phi) is 4.94. The second-order valence-corrected chi connectivity index (χ2v) is 11.5. The summed E-state index contributed by atoms with van der Waals surface area (Å²) in [5.41, 5.74) is 0.772. The Hall–Kier alpha value is -1.32. The van der Waals surface area contributed by atoms with Crippen LogP contribution in [-0.4, -0.2) is 23.1 Å². The van der Waals surface area contributed by atoms with E-state index in [-0.39, 0.29) is 23.2 Å². The molecule has 162 valence electrons. The van der Waals surface area contributed by atoms with Crippen LogP contribution in [0.3, 0.4) is 0 Å². The molecule has 0 aliphatic heterocycles. The molecule has 0 amide bonds. The first-order valence-electron chi connectivity index (χ1n) is 11.6. The Labute approximate surface area is 175 Å². The van der Waals surface area contributed by atoms with Crippen molar-refractivity contribution < 1.29 is 19.4 Å². The smallest absolute Gasteiger partial charge is 0.313 e. The summed E-state index contributed by atoms with van der Waals surface area (Å²) < 4.78 is 5.85. The lowest BCUT2D eigenvalue weighted by atomic mass is 9.40. The van der Waals surface area contributed by atoms with Gasteiger partial charge in [-0.3, -0.25) is 9.59 Å². The van der Waals surface area contributed by atoms with Gasteiger partial charge in [0.1, 0.15) is 11.5 Å². The molecular weight excluding hydrogens is 364 g/mol. The number of carbonyl (C=O) groups is 2. The summed E-state index contributed by atoms with van der Waals surface area (Å²) in [4.78, 5) is 25.1. The molecule has 0 aromatic heterocycles. The van der Waals surface area contributed by atoms with E-state index in [1.807, 2.05) is 20.8 Å². The first-order valence-corrected chi connectivity index (χ1v) is 11.6. The molecular formula is C25H38O4. The molecule has 4 nitrogen and oxygen atoms in total. The number of aliphatic carboxylic acids is 1. The fourth-order valence-electron chi connectivity index (χ4n) is 8.26. The fraction of sp³-hybridized carbons (Fsp3) is 0.840. The van der Waals surface area contributed by atoms with E-state index in [1.54, 1.807) is 0 Å². The Morgan fingerprint density at radius 1 is 1.14 bits per heavy atom. The summed E-state index contributed by atoms with van der Waals surface area (Å²) in [6.07, 6.45) is 8.29. The minimum Gasteiger partial charge on any atom is -0.481 e. The standard InChI is InChI=1S/C25H38O4/c1-15(2)12-21(26)29-20-9-10-23(4)18(24(20,5)22(27)28)8-11-25-13-16(3)17(14-25)6-7-19(23)25/h15,17-20H,3,6-14H2,1-2,4-5H3,(H,27,28)/t17-,18+,19+,20-,23-,24+,25-/m1/s1. The van der Waals surface area contributed by atoms with Crippen LogP contribution in [0.1, 0.15) is 85.5 Å². The molecule has 0 unspecified atom stereocenters. The van der Waals surface area contributed by atoms with Crippen LogP contribution in [0.2, 0.25) is 0 Å². The molecule has 4 aliphatic carbocycles. The van der Waals surface area contributed by atoms with Crippen LogP contribution in [-0.2, 0) is 14.3 Å². The van der Waals surface area contributed by atoms with Crippen molar-refractivity contribution >= 4 is 11.9 Å². The minimum absolute atomic E-state index is 0.00192. The lowest BCUT2D eigenvalue weighted by Crippen LogP contribution is -2.63. The van der Waals surface area contributed by atoms with E-state index in [9.17, 15) is 14.7 Å². The average molecular weight is 403 g/mol. The van der Waals surface area contributed by atoms with Gasteiger partial charge in [0, 0.05) is 6.42 Å². The maximum atomic E-state index is 12.7. The van der Waals surface area contributed by atoms with Crippen LogP contribution in [0.5, 0.6) is 0 Å². The number of fused-ring (bicyclic) bond motifs is 3. The largest absolute Gasteiger partial charge is 0.481 e. The Morgan fingerprint density at radius 3 is 2.52 bits per heavy atom. The average Bonchev–Trinajstić information content (AvgIpc) is 2.85. The molecule has 0 heterocycles. The zero-order valence-electron chi connectivity index (χ0n) is 18.6. The van der Waals surface area contributed by atoms with E-state index in [4.69, 9.17) is 4.74 Å². The van der Waals surface area contributed by atoms with Crippen LogP contribution < -0.4 is 0 Å². The summed E-state index contributed by atoms with van der Waals surface area (Å²) in [7, 11) is 0. The van der Waals surface area contributed by atoms with Crippen molar-refractivity contribution in [3.05, 3.63) is 12.2 Å². The van der Waals surface area contributed by atoms with Gasteiger partial charge in [0.15, 0.2) is 0 Å². The maximum absolute atomic E-state index is 12.7. The van der Waals surface area contributed by atoms with Gasteiger partial charge in [0.25, 0.3) is 0 Å². The number of carboxylic acids is 1. The number of carbonyl (C=O) groups excluding carboxylic acids is 1. The van der Waals surface area contributed by atoms with Crippen LogP contribution in [0, 0.1) is 39.9 Å². The van der Waals surface area contributed by atoms with Gasteiger partial charge >= 0.3 is 11.9 Å². The van der Waals surface area contributed by atoms with Gasteiger partial charge in [-0.2, -0.15) is 0 Å². The van der Waals surface area contributed by atoms with Gasteiger partial charge < -0.3 is 9.84 Å². The monoisotopic (exact) mass is 402 g/mol. The highest BCUT2D eigenvalue weighted by Crippen LogP contribution is 2.72. The van der Waals surface area contributed by atoms with Crippen molar-refractivity contribution in [1.82, 2.24) is 0 Å². The zero-order valence-corrected chi connectivity index (χ0v) is 18.6. The molecule has 4 heteroatoms. The Bertz CT molecular complexity index is 726. The summed E-state index contributed by atoms with van der Waals surface area (Å²) in [6, 6.07) is 0. The Balaban J connectivity index is 1.65. The first-order chi connectivity index (χ1) is 13.5. The van der Waals surface area contributed by atoms with Crippen molar-refractivity contribution in [3.8, 4) is 0 Å². The first kappa shape index (κ1) is 20.9. The van der Waals surface area contributed by atoms with E-state index in [0.29, 0.717) is 30.1 Å². The predicted octanol–water partition coefficient (Wildman–Crippen LogP) is 5.61. The number of allylic oxidation sites excluding steroid dienone is 1. The van der Waals surface area contributed by atoms with E-state index in [1.165, 1.54) is 24.8 Å². The minimum atomic E-state index is -1.01. The van der Waals surface area contributed by atoms with Gasteiger partial charge in [-0.1, -0.05) is 32.9 Å². The molecule has 4 rings (SSSR count). The fourth-order valence-corrected chi connectivity index (χ4v) is 8.26. The molecule has 4 aliphatic rings. The van der Waals surface area contributed by atoms with Gasteiger partial charge in [0.05, 0.1) is 0 Å². The number of ether oxygens (including phenoxy) is 1. The molecule has 0 radical (unpaired) electrons. The van der Waals surface area contributed by atoms with Crippen molar-refractivity contribution in [2.45, 2.75) is 91.6 Å². The van der Waals surface area contributed by atoms with Crippen LogP contribution in [0.15, 0.2) is 12.2 Å². The molecule has 2 bridgehead atoms. The lowest BCUT2D eigenvalue weighted by molar-refractivity contribution is -0.213. The molecule has 0 saturated heterocycles. The summed E-state index contributed by atoms with van der Waals surface area (Å²) in [6.45, 7) is 12.6. The quantitative estimate of drug-likeness (QED) is 0.490. The molecule has 0 aromatic carbocycles. The van der Waals surface area contributed by atoms with Gasteiger partial charge in [-0.05, 0) is 92.8 Å². The molecule has 1 spiro atoms. The number of esters is 1. The Morgan fingerprint density at radius 2 is 1.86 bits per heavy atom. The lowest BCUT2D eigenvalue weighted by Gasteiger charge is -2.64. The van der Waals surface area contributed by atoms with Crippen molar-refractivity contribution in [2.75, 3.05) is 0 Å². The van der Waals surface area contributed by atoms with E-state index < -0.39 is 17.5 Å². The topological polar surface area (TPSA) is 63.6 Å². The van der Waals surface area contributed by atoms with Gasteiger partial charge in [0.2, 0.25) is 0 Å². The molecule has 1 N–H and O–H groups in total. The van der Waals surface area contributed by atoms with Crippen molar-refractivity contribution in [1.29, 1.82) is 0 Å². The van der Waals surface area contributed by atoms with Gasteiger partial charge in [-0.15, -0.1) is 0 Å². The second-order valence-electron chi connectivity index (χ2n) is 11.5. The van der Waals surface area contributed by atoms with Gasteiger partial charge in [-0.25, -0.2) is 0 Å². The molecule has 29 heavy (non-hydrogen) atoms. The third-order valence-corrected chi connectivity index (χ3v) is 9.52. The number of rotatable bonds is 4. The molecule has 4 fully saturated rings. The highest BCUT2D eigenvalue weighted by atomic mass is 16.5. The van der Waals surface area contributed by atoms with E-state index >= 15 is 0 Å². The predicted molar refractivity (Wildman–Crippen MR) is 112 cm³/mol. The van der Waals surface area contributed by atoms with E-state index in [0.717, 1.165) is 25.7 Å². The normalized spacial score (nSPS) is 46.2. The highest BCUT2D eigenvalue weighted by molar-refractivity contribution is 5.77. The van der Waals surface area contributed by atoms with Crippen molar-refractivity contribution in [2.24, 2.45) is 39.9 Å². The highest BCUT2D eigenvalue weighted by Gasteiger charge is 2.67. The number of carboxylic acid groups (broad SMARTS) is 1. The summed E-state index contributed by atoms with van der Waals surface area (Å²) in [5.74, 6) is 0.477. The van der Waals surface area contributed by atoms with Crippen LogP contribution >= 0.6 is 0 Å². The third kappa shape index (κ3) is 2.99. The zero-order chi connectivity index (χ0) is 21.2. The maximum Gasteiger partial charge on any atom is 0.313 e. The van der Waals surface area contributed by atoms with Crippen LogP contribution in [0.25, 0.3) is 0 Å². The van der Waals surface area contributed by atoms with E-state index in [2.05, 4.69) is 13.5 Å². The number of hydrogen-bond donors (Lipinski definition) is 1. The van der Waals surface area contributed by atoms with Crippen LogP contribution in [0.4, 0.5) is 0 Å². The summed E-state index contributed by atoms with van der Waals surface area (Å²) >= 11 is 0. The summed E-state index contributed by atoms with van der Waals surface area (Å²) in [5, 5.41) is 10.4. The SMILES string of the molecule is C=C1C[C@@]23CC[C@H]4[C@@](C)(CC[C@@H](OC(=O)CC(C)C)[C@@]4(C)C(=O)O)[C@@H]2CC[C@@H]1C3. The molecule has 4 saturated carbocycles.